The van der Waals surface area contributed by atoms with Crippen LogP contribution >= 0.6 is 0 Å². The average molecular weight is 484 g/mol. The Bertz CT molecular complexity index is 1380. The Labute approximate surface area is 211 Å². The summed E-state index contributed by atoms with van der Waals surface area (Å²) in [6, 6.07) is 14.7. The number of hydrogen-bond acceptors (Lipinski definition) is 6. The minimum atomic E-state index is 0.223. The average Bonchev–Trinajstić information content (AvgIpc) is 3.62. The van der Waals surface area contributed by atoms with Crippen LogP contribution < -0.4 is 4.90 Å². The lowest BCUT2D eigenvalue weighted by atomic mass is 10.0. The largest absolute Gasteiger partial charge is 0.352 e. The third kappa shape index (κ3) is 4.31. The fourth-order valence-electron chi connectivity index (χ4n) is 5.66. The van der Waals surface area contributed by atoms with Crippen LogP contribution in [0.15, 0.2) is 47.0 Å². The number of fused-ring (bicyclic) bond motifs is 2. The first kappa shape index (κ1) is 23.0. The van der Waals surface area contributed by atoms with Crippen molar-refractivity contribution in [2.24, 2.45) is 5.92 Å². The summed E-state index contributed by atoms with van der Waals surface area (Å²) in [6.07, 6.45) is 7.37. The number of rotatable bonds is 6. The van der Waals surface area contributed by atoms with Gasteiger partial charge in [-0.2, -0.15) is 4.98 Å². The summed E-state index contributed by atoms with van der Waals surface area (Å²) >= 11 is 0. The molecule has 7 nitrogen and oxygen atoms in total. The number of carbonyl (C=O) groups is 1. The van der Waals surface area contributed by atoms with E-state index in [1.807, 2.05) is 12.1 Å². The van der Waals surface area contributed by atoms with E-state index < -0.39 is 0 Å². The summed E-state index contributed by atoms with van der Waals surface area (Å²) in [5.41, 5.74) is 2.31. The van der Waals surface area contributed by atoms with Gasteiger partial charge in [-0.3, -0.25) is 4.79 Å². The highest BCUT2D eigenvalue weighted by Crippen LogP contribution is 2.36. The summed E-state index contributed by atoms with van der Waals surface area (Å²) in [5, 5.41) is 7.69. The quantitative estimate of drug-likeness (QED) is 0.354. The Morgan fingerprint density at radius 3 is 2.56 bits per heavy atom. The molecule has 2 aliphatic rings. The molecule has 1 aliphatic heterocycles. The predicted molar refractivity (Wildman–Crippen MR) is 142 cm³/mol. The van der Waals surface area contributed by atoms with Gasteiger partial charge in [0, 0.05) is 44.1 Å². The number of carbonyl (C=O) groups excluding carboxylic acids is 1. The van der Waals surface area contributed by atoms with Gasteiger partial charge >= 0.3 is 0 Å². The third-order valence-corrected chi connectivity index (χ3v) is 7.74. The van der Waals surface area contributed by atoms with E-state index in [9.17, 15) is 4.79 Å². The van der Waals surface area contributed by atoms with Crippen molar-refractivity contribution in [1.82, 2.24) is 20.0 Å². The van der Waals surface area contributed by atoms with Crippen LogP contribution in [0.5, 0.6) is 0 Å². The molecule has 2 aromatic carbocycles. The van der Waals surface area contributed by atoms with Crippen molar-refractivity contribution < 1.29 is 9.32 Å². The molecular weight excluding hydrogens is 450 g/mol. The van der Waals surface area contributed by atoms with Crippen LogP contribution in [0.1, 0.15) is 51.3 Å². The van der Waals surface area contributed by atoms with Crippen molar-refractivity contribution in [2.45, 2.75) is 51.9 Å². The number of aryl methyl sites for hydroxylation is 1. The second kappa shape index (κ2) is 9.88. The smallest absolute Gasteiger partial charge is 0.263 e. The summed E-state index contributed by atoms with van der Waals surface area (Å²) in [4.78, 5) is 27.1. The van der Waals surface area contributed by atoms with E-state index in [4.69, 9.17) is 14.5 Å². The van der Waals surface area contributed by atoms with Gasteiger partial charge in [0.2, 0.25) is 5.91 Å². The lowest BCUT2D eigenvalue weighted by Gasteiger charge is -2.36. The van der Waals surface area contributed by atoms with Crippen LogP contribution in [0.25, 0.3) is 33.1 Å². The first-order valence-corrected chi connectivity index (χ1v) is 13.4. The number of benzene rings is 2. The van der Waals surface area contributed by atoms with E-state index >= 15 is 0 Å². The van der Waals surface area contributed by atoms with E-state index in [0.29, 0.717) is 11.6 Å². The lowest BCUT2D eigenvalue weighted by Crippen LogP contribution is -2.50. The molecule has 1 amide bonds. The second-order valence-corrected chi connectivity index (χ2v) is 10.1. The highest BCUT2D eigenvalue weighted by molar-refractivity contribution is 6.00. The van der Waals surface area contributed by atoms with E-state index in [0.717, 1.165) is 92.0 Å². The summed E-state index contributed by atoms with van der Waals surface area (Å²) in [7, 11) is 0. The van der Waals surface area contributed by atoms with Gasteiger partial charge in [0.1, 0.15) is 22.7 Å². The van der Waals surface area contributed by atoms with Crippen LogP contribution in [0.3, 0.4) is 0 Å². The van der Waals surface area contributed by atoms with Crippen LogP contribution in [-0.4, -0.2) is 52.1 Å². The zero-order valence-electron chi connectivity index (χ0n) is 20.9. The van der Waals surface area contributed by atoms with Crippen LogP contribution in [-0.2, 0) is 11.2 Å². The number of amides is 1. The van der Waals surface area contributed by atoms with Gasteiger partial charge in [-0.05, 0) is 36.1 Å². The zero-order valence-corrected chi connectivity index (χ0v) is 20.9. The number of nitrogens with zero attached hydrogens (tertiary/aromatic N) is 5. The molecule has 6 rings (SSSR count). The standard InChI is InChI=1S/C29H33N5O2/c1-2-3-12-24-30-27(33-15-17-34(18-16-33)29(35)21-9-5-6-10-21)25-26(32-36-28(25)31-24)23-14-13-20-8-4-7-11-22(20)19-23/h4,7-8,11,13-14,19,21H,2-3,5-6,9-10,12,15-18H2,1H3. The Balaban J connectivity index is 1.35. The molecular formula is C29H33N5O2. The second-order valence-electron chi connectivity index (χ2n) is 10.1. The zero-order chi connectivity index (χ0) is 24.5. The Morgan fingerprint density at radius 2 is 1.78 bits per heavy atom. The van der Waals surface area contributed by atoms with E-state index in [1.165, 1.54) is 18.2 Å². The lowest BCUT2D eigenvalue weighted by molar-refractivity contribution is -0.135. The molecule has 1 aliphatic carbocycles. The maximum atomic E-state index is 13.0. The Kier molecular flexibility index (Phi) is 6.30. The normalized spacial score (nSPS) is 16.9. The summed E-state index contributed by atoms with van der Waals surface area (Å²) in [5.74, 6) is 2.24. The SMILES string of the molecule is CCCCc1nc(N2CCN(C(=O)C3CCCC3)CC2)c2c(-c3ccc4ccccc4c3)noc2n1. The van der Waals surface area contributed by atoms with Crippen molar-refractivity contribution in [2.75, 3.05) is 31.1 Å². The van der Waals surface area contributed by atoms with Crippen molar-refractivity contribution >= 4 is 33.6 Å². The van der Waals surface area contributed by atoms with E-state index in [2.05, 4.69) is 52.2 Å². The molecule has 186 valence electrons. The first-order valence-electron chi connectivity index (χ1n) is 13.4. The minimum absolute atomic E-state index is 0.223. The highest BCUT2D eigenvalue weighted by Gasteiger charge is 2.31. The van der Waals surface area contributed by atoms with Crippen molar-refractivity contribution in [3.05, 3.63) is 48.3 Å². The van der Waals surface area contributed by atoms with E-state index in [-0.39, 0.29) is 5.92 Å². The molecule has 3 heterocycles. The number of anilines is 1. The molecule has 7 heteroatoms. The highest BCUT2D eigenvalue weighted by atomic mass is 16.5. The molecule has 0 unspecified atom stereocenters. The Morgan fingerprint density at radius 1 is 1.00 bits per heavy atom. The minimum Gasteiger partial charge on any atom is -0.352 e. The van der Waals surface area contributed by atoms with Crippen molar-refractivity contribution in [3.8, 4) is 11.3 Å². The molecule has 0 bridgehead atoms. The number of unbranched alkanes of at least 4 members (excludes halogenated alkanes) is 1. The number of hydrogen-bond donors (Lipinski definition) is 0. The monoisotopic (exact) mass is 483 g/mol. The topological polar surface area (TPSA) is 75.4 Å². The maximum absolute atomic E-state index is 13.0. The van der Waals surface area contributed by atoms with Gasteiger partial charge < -0.3 is 14.3 Å². The van der Waals surface area contributed by atoms with Gasteiger partial charge in [-0.25, -0.2) is 4.98 Å². The molecule has 0 spiro atoms. The van der Waals surface area contributed by atoms with Crippen molar-refractivity contribution in [3.63, 3.8) is 0 Å². The Hall–Kier alpha value is -3.48. The molecule has 2 aromatic heterocycles. The molecule has 1 saturated carbocycles. The third-order valence-electron chi connectivity index (χ3n) is 7.74. The fraction of sp³-hybridized carbons (Fsp3) is 0.448. The molecule has 1 saturated heterocycles. The molecule has 4 aromatic rings. The maximum Gasteiger partial charge on any atom is 0.263 e. The van der Waals surface area contributed by atoms with E-state index in [1.54, 1.807) is 0 Å². The molecule has 0 atom stereocenters. The van der Waals surface area contributed by atoms with Crippen molar-refractivity contribution in [1.29, 1.82) is 0 Å². The van der Waals surface area contributed by atoms with Crippen LogP contribution in [0.2, 0.25) is 0 Å². The predicted octanol–water partition coefficient (Wildman–Crippen LogP) is 5.62. The van der Waals surface area contributed by atoms with Gasteiger partial charge in [0.15, 0.2) is 0 Å². The first-order chi connectivity index (χ1) is 17.7. The number of piperazine rings is 1. The molecule has 0 radical (unpaired) electrons. The molecule has 36 heavy (non-hydrogen) atoms. The van der Waals surface area contributed by atoms with Gasteiger partial charge in [-0.1, -0.05) is 67.7 Å². The van der Waals surface area contributed by atoms with Gasteiger partial charge in [-0.15, -0.1) is 0 Å². The fourth-order valence-corrected chi connectivity index (χ4v) is 5.66. The molecule has 2 fully saturated rings. The van der Waals surface area contributed by atoms with Crippen LogP contribution in [0.4, 0.5) is 5.82 Å². The summed E-state index contributed by atoms with van der Waals surface area (Å²) < 4.78 is 5.80. The van der Waals surface area contributed by atoms with Crippen LogP contribution in [0, 0.1) is 5.92 Å². The summed E-state index contributed by atoms with van der Waals surface area (Å²) in [6.45, 7) is 5.12. The van der Waals surface area contributed by atoms with Gasteiger partial charge in [0.25, 0.3) is 5.71 Å². The molecule has 0 N–H and O–H groups in total. The van der Waals surface area contributed by atoms with Gasteiger partial charge in [0.05, 0.1) is 0 Å². The number of aromatic nitrogens is 3.